The molecule has 0 unspecified atom stereocenters. The third-order valence-electron chi connectivity index (χ3n) is 7.61. The Morgan fingerprint density at radius 3 is 1.60 bits per heavy atom. The Morgan fingerprint density at radius 2 is 1.21 bits per heavy atom. The summed E-state index contributed by atoms with van der Waals surface area (Å²) in [6.07, 6.45) is 12.1. The number of aromatic nitrogens is 8. The summed E-state index contributed by atoms with van der Waals surface area (Å²) in [5.41, 5.74) is 10.9. The van der Waals surface area contributed by atoms with Crippen molar-refractivity contribution in [1.82, 2.24) is 39.9 Å². The van der Waals surface area contributed by atoms with Gasteiger partial charge in [0.15, 0.2) is 11.6 Å². The van der Waals surface area contributed by atoms with Gasteiger partial charge in [-0.1, -0.05) is 25.4 Å². The number of hydrogen-bond acceptors (Lipinski definition) is 15. The van der Waals surface area contributed by atoms with Gasteiger partial charge in [0.25, 0.3) is 6.47 Å². The van der Waals surface area contributed by atoms with E-state index in [1.807, 2.05) is 55.1 Å². The summed E-state index contributed by atoms with van der Waals surface area (Å²) in [6, 6.07) is 11.1. The Kier molecular flexibility index (Phi) is 30.0. The van der Waals surface area contributed by atoms with Gasteiger partial charge in [-0.2, -0.15) is 4.98 Å². The first-order valence-corrected chi connectivity index (χ1v) is 25.3. The predicted molar refractivity (Wildman–Crippen MR) is 251 cm³/mol. The molecule has 0 spiro atoms. The molecule has 63 heavy (non-hydrogen) atoms. The minimum atomic E-state index is -2.59. The van der Waals surface area contributed by atoms with Crippen molar-refractivity contribution in [3.63, 3.8) is 0 Å². The topological polar surface area (TPSA) is 225 Å². The smallest absolute Gasteiger partial charge is 1.00 e. The molecule has 0 bridgehead atoms. The normalized spacial score (nSPS) is 10.4. The number of halogens is 6. The number of nitrogens with zero attached hydrogens (tertiary/aromatic N) is 8. The number of carbonyl (C=O) groups is 1. The fourth-order valence-corrected chi connectivity index (χ4v) is 7.86. The van der Waals surface area contributed by atoms with Crippen molar-refractivity contribution in [2.24, 2.45) is 0 Å². The SMILES string of the molecule is CCc1cnc(-c2ccc(N)c(P(C)(C)=O)c2)nc1.CCc1cnc(-c2ccc(Nc3nc(Cl)ncc3Br)c(P(C)(C)=O)c2)nc1.Clc1ncc(Br)c(Cl)n1.O=CO[O-].[2H]CF.[H-].[HH].[K+].[K+]. The molecule has 4 aromatic heterocycles. The monoisotopic (exact) mass is 1140 g/mol. The molecule has 0 aliphatic rings. The van der Waals surface area contributed by atoms with Crippen LogP contribution in [-0.2, 0) is 31.7 Å². The Morgan fingerprint density at radius 1 is 0.794 bits per heavy atom. The summed E-state index contributed by atoms with van der Waals surface area (Å²) in [5, 5.41) is 13.6. The van der Waals surface area contributed by atoms with Gasteiger partial charge in [-0.3, -0.25) is 9.18 Å². The summed E-state index contributed by atoms with van der Waals surface area (Å²) >= 11 is 23.3. The van der Waals surface area contributed by atoms with Gasteiger partial charge in [0, 0.05) is 66.0 Å². The molecular weight excluding hydrogens is 1100 g/mol. The van der Waals surface area contributed by atoms with Gasteiger partial charge >= 0.3 is 103 Å². The second kappa shape index (κ2) is 31.4. The number of nitrogens with two attached hydrogens (primary N) is 1. The molecule has 4 heterocycles. The Labute approximate surface area is 487 Å². The van der Waals surface area contributed by atoms with Gasteiger partial charge in [-0.05, 0) is 142 Å². The van der Waals surface area contributed by atoms with Gasteiger partial charge in [0.2, 0.25) is 10.6 Å². The number of anilines is 3. The van der Waals surface area contributed by atoms with Crippen LogP contribution in [0.5, 0.6) is 0 Å². The maximum Gasteiger partial charge on any atom is 1.00 e. The number of nitrogens with one attached hydrogen (secondary N) is 1. The number of aryl methyl sites for hydroxylation is 2. The third kappa shape index (κ3) is 21.4. The van der Waals surface area contributed by atoms with Crippen LogP contribution >= 0.6 is 80.9 Å². The molecule has 0 saturated carbocycles. The molecule has 0 aliphatic heterocycles. The van der Waals surface area contributed by atoms with Crippen LogP contribution in [0.25, 0.3) is 22.8 Å². The van der Waals surface area contributed by atoms with E-state index in [0.29, 0.717) is 53.5 Å². The van der Waals surface area contributed by atoms with E-state index in [4.69, 9.17) is 52.0 Å². The van der Waals surface area contributed by atoms with Crippen LogP contribution < -0.4 is 130 Å². The third-order valence-corrected chi connectivity index (χ3v) is 12.7. The van der Waals surface area contributed by atoms with Gasteiger partial charge in [0.1, 0.15) is 25.3 Å². The Bertz CT molecular complexity index is 2500. The van der Waals surface area contributed by atoms with E-state index in [-0.39, 0.29) is 123 Å². The number of benzene rings is 2. The maximum atomic E-state index is 12.9. The van der Waals surface area contributed by atoms with Crippen LogP contribution in [0, 0.1) is 0 Å². The summed E-state index contributed by atoms with van der Waals surface area (Å²) in [4.78, 5) is 44.1. The van der Waals surface area contributed by atoms with E-state index >= 15 is 0 Å². The summed E-state index contributed by atoms with van der Waals surface area (Å²) < 4.78 is 41.9. The summed E-state index contributed by atoms with van der Waals surface area (Å²) in [7, 11) is -5.99. The molecule has 0 saturated heterocycles. The number of alkyl halides is 1. The van der Waals surface area contributed by atoms with Crippen LogP contribution in [0.2, 0.25) is 15.7 Å². The van der Waals surface area contributed by atoms with Crippen molar-refractivity contribution in [3.05, 3.63) is 109 Å². The van der Waals surface area contributed by atoms with Crippen molar-refractivity contribution < 1.29 is 135 Å². The summed E-state index contributed by atoms with van der Waals surface area (Å²) in [5.74, 6) is 1.73. The van der Waals surface area contributed by atoms with E-state index in [9.17, 15) is 13.5 Å². The average Bonchev–Trinajstić information content (AvgIpc) is 3.24. The minimum Gasteiger partial charge on any atom is -1.00 e. The van der Waals surface area contributed by atoms with E-state index in [2.05, 4.69) is 95.8 Å². The van der Waals surface area contributed by atoms with Crippen LogP contribution in [0.3, 0.4) is 0 Å². The minimum absolute atomic E-state index is 0. The molecule has 0 atom stereocenters. The largest absolute Gasteiger partial charge is 1.00 e. The Balaban J connectivity index is -0.000000887. The second-order valence-electron chi connectivity index (χ2n) is 12.7. The van der Waals surface area contributed by atoms with Crippen molar-refractivity contribution in [2.45, 2.75) is 26.7 Å². The van der Waals surface area contributed by atoms with Gasteiger partial charge < -0.3 is 31.8 Å². The molecule has 2 aromatic carbocycles. The molecule has 0 aliphatic carbocycles. The van der Waals surface area contributed by atoms with E-state index in [1.54, 1.807) is 38.9 Å². The number of rotatable bonds is 9. The quantitative estimate of drug-likeness (QED) is 0.0310. The maximum absolute atomic E-state index is 12.9. The van der Waals surface area contributed by atoms with E-state index in [1.165, 1.54) is 6.20 Å². The first kappa shape index (κ1) is 60.3. The van der Waals surface area contributed by atoms with Crippen molar-refractivity contribution in [1.29, 1.82) is 0 Å². The molecule has 330 valence electrons. The van der Waals surface area contributed by atoms with Gasteiger partial charge in [-0.25, -0.2) is 34.9 Å². The molecule has 0 amide bonds. The Hall–Kier alpha value is -0.717. The predicted octanol–water partition coefficient (Wildman–Crippen LogP) is 3.37. The van der Waals surface area contributed by atoms with E-state index in [0.717, 1.165) is 35.1 Å². The number of hydrogen-bond donors (Lipinski definition) is 2. The van der Waals surface area contributed by atoms with Crippen LogP contribution in [0.1, 0.15) is 29.2 Å². The molecule has 15 nitrogen and oxygen atoms in total. The zero-order valence-electron chi connectivity index (χ0n) is 37.5. The first-order chi connectivity index (χ1) is 29.2. The van der Waals surface area contributed by atoms with Crippen LogP contribution in [0.4, 0.5) is 21.6 Å². The van der Waals surface area contributed by atoms with Gasteiger partial charge in [-0.15, -0.1) is 0 Å². The van der Waals surface area contributed by atoms with Crippen molar-refractivity contribution >= 4 is 115 Å². The van der Waals surface area contributed by atoms with Gasteiger partial charge in [0.05, 0.1) is 23.2 Å². The zero-order valence-corrected chi connectivity index (χ0v) is 49.0. The standard InChI is InChI=1S/C18H18BrClN5OP.C14H18N3OP.C4HBrCl2N2.CH3F.CH2O3.2K.H2.H/c1-4-11-8-21-16(22-9-11)12-5-6-14(15(7-12)27(2,3)26)24-17-13(19)10-23-18(20)25-17;1-4-10-8-16-14(17-9-10)11-5-6-12(15)13(7-11)19(2,3)18;5-2-1-8-4(7)9-3(2)6;1-2;2-1-4-3;;;;/h5-10H,4H2,1-3H3,(H,23,24,25);5-9H,4,15H2,1-3H3;1H;1H3;1,3H;;;1H;/q;;;;;2*+1;;-1/p-1/i;;;1D;;;;;. The number of carbonyl (C=O) groups excluding carboxylic acids is 1. The van der Waals surface area contributed by atoms with Crippen LogP contribution in [0.15, 0.2) is 82.5 Å². The van der Waals surface area contributed by atoms with Crippen molar-refractivity contribution in [2.75, 3.05) is 44.9 Å². The van der Waals surface area contributed by atoms with E-state index < -0.39 is 21.4 Å². The molecule has 0 radical (unpaired) electrons. The molecule has 6 aromatic rings. The molecule has 25 heteroatoms. The first-order valence-electron chi connectivity index (χ1n) is 18.1. The average molecular weight is 1150 g/mol. The molecule has 0 fully saturated rings. The fourth-order valence-electron chi connectivity index (χ4n) is 4.63. The molecule has 3 N–H and O–H groups in total. The second-order valence-corrected chi connectivity index (χ2v) is 21.8. The molecule has 6 rings (SSSR count). The zero-order chi connectivity index (χ0) is 46.6. The van der Waals surface area contributed by atoms with Crippen LogP contribution in [-0.4, -0.2) is 80.2 Å². The summed E-state index contributed by atoms with van der Waals surface area (Å²) in [6.45, 7) is 10.8. The van der Waals surface area contributed by atoms with Crippen molar-refractivity contribution in [3.8, 4) is 22.8 Å². The molecular formula is C38H44Br2Cl3FK2N10O5P2. The number of nitrogen functional groups attached to an aromatic ring is 1. The fraction of sp³-hybridized carbons (Fsp3) is 0.237.